The van der Waals surface area contributed by atoms with E-state index in [9.17, 15) is 14.9 Å². The van der Waals surface area contributed by atoms with Gasteiger partial charge in [0.25, 0.3) is 5.91 Å². The minimum atomic E-state index is -0.674. The molecule has 2 aromatic rings. The molecule has 2 aliphatic rings. The maximum atomic E-state index is 12.9. The number of carbonyl (C=O) groups is 2. The predicted molar refractivity (Wildman–Crippen MR) is 130 cm³/mol. The van der Waals surface area contributed by atoms with Gasteiger partial charge in [-0.1, -0.05) is 6.08 Å². The maximum Gasteiger partial charge on any atom is 0.322 e. The molecule has 3 amide bonds. The smallest absolute Gasteiger partial charge is 0.322 e. The number of nitrogens with one attached hydrogen (secondary N) is 1. The Morgan fingerprint density at radius 3 is 2.60 bits per heavy atom. The molecule has 0 aliphatic carbocycles. The molecule has 1 aromatic heterocycles. The van der Waals surface area contributed by atoms with E-state index in [1.54, 1.807) is 23.1 Å². The van der Waals surface area contributed by atoms with Gasteiger partial charge >= 0.3 is 6.03 Å². The summed E-state index contributed by atoms with van der Waals surface area (Å²) < 4.78 is 13.1. The molecule has 10 heteroatoms. The Balaban J connectivity index is 1.37. The van der Waals surface area contributed by atoms with Crippen LogP contribution in [-0.4, -0.2) is 72.3 Å². The van der Waals surface area contributed by atoms with Crippen molar-refractivity contribution in [2.24, 2.45) is 5.73 Å². The third-order valence-electron chi connectivity index (χ3n) is 6.28. The number of nitrogens with two attached hydrogens (primary N) is 1. The number of nitriles is 1. The van der Waals surface area contributed by atoms with E-state index in [1.807, 2.05) is 16.7 Å². The number of aromatic nitrogens is 1. The molecule has 10 nitrogen and oxygen atoms in total. The van der Waals surface area contributed by atoms with Gasteiger partial charge in [0.2, 0.25) is 0 Å². The number of benzene rings is 1. The summed E-state index contributed by atoms with van der Waals surface area (Å²) in [4.78, 5) is 29.0. The summed E-state index contributed by atoms with van der Waals surface area (Å²) in [6.45, 7) is 9.60. The first-order valence-electron chi connectivity index (χ1n) is 11.7. The second-order valence-corrected chi connectivity index (χ2v) is 8.44. The predicted octanol–water partition coefficient (Wildman–Crippen LogP) is 1.95. The van der Waals surface area contributed by atoms with Crippen LogP contribution in [0.4, 0.5) is 10.5 Å². The van der Waals surface area contributed by atoms with Crippen molar-refractivity contribution in [3.05, 3.63) is 59.4 Å². The van der Waals surface area contributed by atoms with E-state index in [1.165, 1.54) is 0 Å². The minimum absolute atomic E-state index is 0.179. The number of primary amides is 1. The largest absolute Gasteiger partial charge is 0.492 e. The van der Waals surface area contributed by atoms with Gasteiger partial charge in [-0.25, -0.2) is 4.79 Å². The summed E-state index contributed by atoms with van der Waals surface area (Å²) in [5, 5.41) is 12.5. The number of allylic oxidation sites excluding steroid dienone is 1. The molecule has 2 aliphatic heterocycles. The number of carbonyl (C=O) groups excluding carboxylic acids is 2. The number of ether oxygens (including phenoxy) is 2. The van der Waals surface area contributed by atoms with Crippen LogP contribution in [0.25, 0.3) is 0 Å². The summed E-state index contributed by atoms with van der Waals surface area (Å²) in [5.74, 6) is 0.0593. The van der Waals surface area contributed by atoms with Crippen LogP contribution >= 0.6 is 0 Å². The Kier molecular flexibility index (Phi) is 7.70. The first-order chi connectivity index (χ1) is 17.0. The first kappa shape index (κ1) is 24.3. The van der Waals surface area contributed by atoms with Gasteiger partial charge in [0.1, 0.15) is 18.4 Å². The van der Waals surface area contributed by atoms with Crippen molar-refractivity contribution in [3.8, 4) is 11.8 Å². The number of urea groups is 1. The third-order valence-corrected chi connectivity index (χ3v) is 6.28. The molecule has 35 heavy (non-hydrogen) atoms. The van der Waals surface area contributed by atoms with E-state index < -0.39 is 5.91 Å². The number of rotatable bonds is 8. The Morgan fingerprint density at radius 2 is 1.94 bits per heavy atom. The number of amides is 3. The lowest BCUT2D eigenvalue weighted by Crippen LogP contribution is -2.41. The van der Waals surface area contributed by atoms with Crippen molar-refractivity contribution in [3.63, 3.8) is 0 Å². The zero-order valence-electron chi connectivity index (χ0n) is 19.7. The zero-order valence-corrected chi connectivity index (χ0v) is 19.7. The highest BCUT2D eigenvalue weighted by Gasteiger charge is 2.31. The van der Waals surface area contributed by atoms with Crippen molar-refractivity contribution in [2.75, 3.05) is 51.3 Å². The first-order valence-corrected chi connectivity index (χ1v) is 11.7. The van der Waals surface area contributed by atoms with Crippen LogP contribution in [0.2, 0.25) is 0 Å². The lowest BCUT2D eigenvalue weighted by molar-refractivity contribution is 0.0322. The minimum Gasteiger partial charge on any atom is -0.492 e. The van der Waals surface area contributed by atoms with Gasteiger partial charge < -0.3 is 30.0 Å². The molecule has 1 fully saturated rings. The topological polar surface area (TPSA) is 126 Å². The molecule has 184 valence electrons. The highest BCUT2D eigenvalue weighted by atomic mass is 16.5. The van der Waals surface area contributed by atoms with Gasteiger partial charge in [-0.3, -0.25) is 9.69 Å². The van der Waals surface area contributed by atoms with Crippen molar-refractivity contribution in [1.29, 1.82) is 5.26 Å². The van der Waals surface area contributed by atoms with E-state index in [4.69, 9.17) is 15.2 Å². The lowest BCUT2D eigenvalue weighted by atomic mass is 10.1. The molecule has 0 spiro atoms. The standard InChI is InChI=1S/C25H30N6O4/c1-2-3-21-20(16-26)23(24(27)32)22-17-30(8-9-31(21)22)25(33)28-18-4-6-19(7-5-18)35-15-12-29-10-13-34-14-11-29/h2,4-7H,1,3,8-15,17H2,(H2,27,32)(H,28,33). The van der Waals surface area contributed by atoms with E-state index in [-0.39, 0.29) is 23.7 Å². The Morgan fingerprint density at radius 1 is 1.20 bits per heavy atom. The highest BCUT2D eigenvalue weighted by molar-refractivity contribution is 5.97. The van der Waals surface area contributed by atoms with Crippen molar-refractivity contribution < 1.29 is 19.1 Å². The van der Waals surface area contributed by atoms with Crippen LogP contribution in [0, 0.1) is 11.3 Å². The second-order valence-electron chi connectivity index (χ2n) is 8.44. The van der Waals surface area contributed by atoms with Crippen LogP contribution in [0.1, 0.15) is 27.3 Å². The molecular formula is C25H30N6O4. The maximum absolute atomic E-state index is 12.9. The van der Waals surface area contributed by atoms with Gasteiger partial charge in [-0.15, -0.1) is 6.58 Å². The summed E-state index contributed by atoms with van der Waals surface area (Å²) in [6, 6.07) is 9.03. The van der Waals surface area contributed by atoms with Crippen LogP contribution in [0.3, 0.4) is 0 Å². The molecule has 3 heterocycles. The molecule has 1 saturated heterocycles. The van der Waals surface area contributed by atoms with Crippen molar-refractivity contribution in [1.82, 2.24) is 14.4 Å². The third kappa shape index (κ3) is 5.48. The molecule has 3 N–H and O–H groups in total. The number of fused-ring (bicyclic) bond motifs is 1. The van der Waals surface area contributed by atoms with Gasteiger partial charge in [0.15, 0.2) is 0 Å². The number of morpholine rings is 1. The fourth-order valence-electron chi connectivity index (χ4n) is 4.50. The number of hydrogen-bond acceptors (Lipinski definition) is 6. The van der Waals surface area contributed by atoms with Crippen LogP contribution in [-0.2, 0) is 24.2 Å². The quantitative estimate of drug-likeness (QED) is 0.559. The van der Waals surface area contributed by atoms with E-state index in [0.29, 0.717) is 43.2 Å². The van der Waals surface area contributed by atoms with Crippen molar-refractivity contribution in [2.45, 2.75) is 19.5 Å². The molecule has 0 unspecified atom stereocenters. The monoisotopic (exact) mass is 478 g/mol. The van der Waals surface area contributed by atoms with Gasteiger partial charge in [0, 0.05) is 50.5 Å². The van der Waals surface area contributed by atoms with Crippen molar-refractivity contribution >= 4 is 17.6 Å². The average molecular weight is 479 g/mol. The fourth-order valence-corrected chi connectivity index (χ4v) is 4.50. The number of anilines is 1. The Hall–Kier alpha value is -3.81. The molecule has 0 bridgehead atoms. The summed E-state index contributed by atoms with van der Waals surface area (Å²) in [5.41, 5.74) is 7.96. The highest BCUT2D eigenvalue weighted by Crippen LogP contribution is 2.28. The van der Waals surface area contributed by atoms with Crippen LogP contribution < -0.4 is 15.8 Å². The van der Waals surface area contributed by atoms with Gasteiger partial charge in [-0.05, 0) is 24.3 Å². The normalized spacial score (nSPS) is 15.7. The molecular weight excluding hydrogens is 448 g/mol. The molecule has 0 saturated carbocycles. The van der Waals surface area contributed by atoms with Gasteiger partial charge in [0.05, 0.1) is 36.6 Å². The van der Waals surface area contributed by atoms with Crippen LogP contribution in [0.5, 0.6) is 5.75 Å². The average Bonchev–Trinajstić information content (AvgIpc) is 3.19. The fraction of sp³-hybridized carbons (Fsp3) is 0.400. The Bertz CT molecular complexity index is 1130. The van der Waals surface area contributed by atoms with Gasteiger partial charge in [-0.2, -0.15) is 5.26 Å². The SMILES string of the molecule is C=CCc1c(C#N)c(C(N)=O)c2n1CCN(C(=O)Nc1ccc(OCCN3CCOCC3)cc1)C2. The Labute approximate surface area is 204 Å². The molecule has 4 rings (SSSR count). The summed E-state index contributed by atoms with van der Waals surface area (Å²) >= 11 is 0. The second kappa shape index (κ2) is 11.1. The zero-order chi connectivity index (χ0) is 24.8. The lowest BCUT2D eigenvalue weighted by Gasteiger charge is -2.30. The number of nitrogens with zero attached hydrogens (tertiary/aromatic N) is 4. The van der Waals surface area contributed by atoms with E-state index in [0.717, 1.165) is 38.6 Å². The number of hydrogen-bond donors (Lipinski definition) is 2. The van der Waals surface area contributed by atoms with E-state index in [2.05, 4.69) is 22.9 Å². The molecule has 1 aromatic carbocycles. The van der Waals surface area contributed by atoms with E-state index >= 15 is 0 Å². The van der Waals surface area contributed by atoms with Crippen LogP contribution in [0.15, 0.2) is 36.9 Å². The summed E-state index contributed by atoms with van der Waals surface area (Å²) in [7, 11) is 0. The summed E-state index contributed by atoms with van der Waals surface area (Å²) in [6.07, 6.45) is 2.12. The molecule has 0 radical (unpaired) electrons. The molecule has 0 atom stereocenters.